The molecule has 18 heavy (non-hydrogen) atoms. The molecule has 0 bridgehead atoms. The average molecular weight is 269 g/mol. The van der Waals surface area contributed by atoms with Crippen LogP contribution in [0.1, 0.15) is 30.1 Å². The Morgan fingerprint density at radius 3 is 3.00 bits per heavy atom. The minimum absolute atomic E-state index is 0.00287. The second-order valence-electron chi connectivity index (χ2n) is 4.55. The number of carbonyl (C=O) groups excluding carboxylic acids is 1. The SMILES string of the molecule is CC(NC(=O)c1ccc(Cl)c(N)c1)C1CCCO1. The van der Waals surface area contributed by atoms with E-state index in [1.165, 1.54) is 0 Å². The fourth-order valence-corrected chi connectivity index (χ4v) is 2.18. The van der Waals surface area contributed by atoms with Crippen LogP contribution in [0.2, 0.25) is 5.02 Å². The number of amides is 1. The van der Waals surface area contributed by atoms with Crippen molar-refractivity contribution in [3.05, 3.63) is 28.8 Å². The lowest BCUT2D eigenvalue weighted by Gasteiger charge is -2.20. The van der Waals surface area contributed by atoms with E-state index in [4.69, 9.17) is 22.1 Å². The summed E-state index contributed by atoms with van der Waals surface area (Å²) in [6, 6.07) is 4.87. The Bertz CT molecular complexity index is 445. The number of rotatable bonds is 3. The van der Waals surface area contributed by atoms with Gasteiger partial charge in [0.1, 0.15) is 0 Å². The monoisotopic (exact) mass is 268 g/mol. The van der Waals surface area contributed by atoms with Gasteiger partial charge in [-0.05, 0) is 38.0 Å². The van der Waals surface area contributed by atoms with E-state index >= 15 is 0 Å². The first-order chi connectivity index (χ1) is 8.58. The van der Waals surface area contributed by atoms with Gasteiger partial charge in [0.25, 0.3) is 5.91 Å². The first-order valence-corrected chi connectivity index (χ1v) is 6.43. The number of hydrogen-bond donors (Lipinski definition) is 2. The van der Waals surface area contributed by atoms with Crippen LogP contribution < -0.4 is 11.1 Å². The molecule has 0 radical (unpaired) electrons. The van der Waals surface area contributed by atoms with Gasteiger partial charge in [0.2, 0.25) is 0 Å². The van der Waals surface area contributed by atoms with Crippen LogP contribution in [-0.2, 0) is 4.74 Å². The number of anilines is 1. The van der Waals surface area contributed by atoms with Crippen LogP contribution in [0.25, 0.3) is 0 Å². The van der Waals surface area contributed by atoms with Gasteiger partial charge in [0.05, 0.1) is 22.9 Å². The third kappa shape index (κ3) is 2.94. The van der Waals surface area contributed by atoms with Crippen LogP contribution in [0.4, 0.5) is 5.69 Å². The number of nitrogen functional groups attached to an aromatic ring is 1. The van der Waals surface area contributed by atoms with Crippen molar-refractivity contribution >= 4 is 23.2 Å². The molecule has 1 aliphatic heterocycles. The van der Waals surface area contributed by atoms with Crippen LogP contribution in [0.15, 0.2) is 18.2 Å². The van der Waals surface area contributed by atoms with Crippen LogP contribution in [0, 0.1) is 0 Å². The Balaban J connectivity index is 2.00. The zero-order valence-corrected chi connectivity index (χ0v) is 11.0. The van der Waals surface area contributed by atoms with Gasteiger partial charge in [-0.15, -0.1) is 0 Å². The second-order valence-corrected chi connectivity index (χ2v) is 4.96. The number of carbonyl (C=O) groups is 1. The van der Waals surface area contributed by atoms with E-state index in [1.807, 2.05) is 6.92 Å². The summed E-state index contributed by atoms with van der Waals surface area (Å²) in [4.78, 5) is 12.0. The summed E-state index contributed by atoms with van der Waals surface area (Å²) >= 11 is 5.82. The van der Waals surface area contributed by atoms with E-state index in [-0.39, 0.29) is 18.1 Å². The zero-order valence-electron chi connectivity index (χ0n) is 10.3. The summed E-state index contributed by atoms with van der Waals surface area (Å²) in [5.74, 6) is -0.152. The molecule has 2 rings (SSSR count). The van der Waals surface area contributed by atoms with Crippen molar-refractivity contribution in [2.45, 2.75) is 31.9 Å². The van der Waals surface area contributed by atoms with Crippen molar-refractivity contribution in [2.75, 3.05) is 12.3 Å². The van der Waals surface area contributed by atoms with Crippen molar-refractivity contribution < 1.29 is 9.53 Å². The molecule has 0 saturated carbocycles. The molecule has 3 N–H and O–H groups in total. The first-order valence-electron chi connectivity index (χ1n) is 6.05. The Morgan fingerprint density at radius 2 is 2.39 bits per heavy atom. The van der Waals surface area contributed by atoms with Crippen LogP contribution in [0.5, 0.6) is 0 Å². The van der Waals surface area contributed by atoms with Gasteiger partial charge in [-0.25, -0.2) is 0 Å². The van der Waals surface area contributed by atoms with Gasteiger partial charge in [0.15, 0.2) is 0 Å². The first kappa shape index (κ1) is 13.2. The van der Waals surface area contributed by atoms with Gasteiger partial charge in [-0.2, -0.15) is 0 Å². The summed E-state index contributed by atoms with van der Waals surface area (Å²) in [7, 11) is 0. The minimum Gasteiger partial charge on any atom is -0.398 e. The highest BCUT2D eigenvalue weighted by molar-refractivity contribution is 6.33. The number of halogens is 1. The third-order valence-corrected chi connectivity index (χ3v) is 3.48. The lowest BCUT2D eigenvalue weighted by atomic mass is 10.1. The molecule has 0 spiro atoms. The van der Waals surface area contributed by atoms with Gasteiger partial charge in [0, 0.05) is 12.2 Å². The van der Waals surface area contributed by atoms with Gasteiger partial charge < -0.3 is 15.8 Å². The lowest BCUT2D eigenvalue weighted by Crippen LogP contribution is -2.40. The van der Waals surface area contributed by atoms with E-state index in [1.54, 1.807) is 18.2 Å². The Morgan fingerprint density at radius 1 is 1.61 bits per heavy atom. The molecule has 4 nitrogen and oxygen atoms in total. The van der Waals surface area contributed by atoms with E-state index in [2.05, 4.69) is 5.32 Å². The standard InChI is InChI=1S/C13H17ClN2O2/c1-8(12-3-2-6-18-12)16-13(17)9-4-5-10(14)11(15)7-9/h4-5,7-8,12H,2-3,6,15H2,1H3,(H,16,17). The van der Waals surface area contributed by atoms with E-state index < -0.39 is 0 Å². The minimum atomic E-state index is -0.152. The van der Waals surface area contributed by atoms with Crippen LogP contribution >= 0.6 is 11.6 Å². The molecule has 1 amide bonds. The van der Waals surface area contributed by atoms with Crippen molar-refractivity contribution in [1.82, 2.24) is 5.32 Å². The normalized spacial score (nSPS) is 20.7. The molecule has 1 saturated heterocycles. The third-order valence-electron chi connectivity index (χ3n) is 3.14. The summed E-state index contributed by atoms with van der Waals surface area (Å²) in [5, 5.41) is 3.38. The molecular formula is C13H17ClN2O2. The summed E-state index contributed by atoms with van der Waals surface area (Å²) in [6.07, 6.45) is 2.15. The number of ether oxygens (including phenoxy) is 1. The number of nitrogens with one attached hydrogen (secondary N) is 1. The molecule has 0 aromatic heterocycles. The molecule has 2 unspecified atom stereocenters. The largest absolute Gasteiger partial charge is 0.398 e. The fourth-order valence-electron chi connectivity index (χ4n) is 2.06. The molecule has 1 aliphatic rings. The average Bonchev–Trinajstić information content (AvgIpc) is 2.86. The predicted octanol–water partition coefficient (Wildman–Crippen LogP) is 2.22. The summed E-state index contributed by atoms with van der Waals surface area (Å²) in [6.45, 7) is 2.73. The predicted molar refractivity (Wildman–Crippen MR) is 71.8 cm³/mol. The van der Waals surface area contributed by atoms with Gasteiger partial charge >= 0.3 is 0 Å². The highest BCUT2D eigenvalue weighted by atomic mass is 35.5. The van der Waals surface area contributed by atoms with E-state index in [0.717, 1.165) is 19.4 Å². The highest BCUT2D eigenvalue weighted by Gasteiger charge is 2.24. The fraction of sp³-hybridized carbons (Fsp3) is 0.462. The highest BCUT2D eigenvalue weighted by Crippen LogP contribution is 2.20. The topological polar surface area (TPSA) is 64.4 Å². The molecular weight excluding hydrogens is 252 g/mol. The zero-order chi connectivity index (χ0) is 13.1. The Kier molecular flexibility index (Phi) is 4.09. The molecule has 1 fully saturated rings. The molecule has 5 heteroatoms. The van der Waals surface area contributed by atoms with Crippen molar-refractivity contribution in [1.29, 1.82) is 0 Å². The van der Waals surface area contributed by atoms with Crippen LogP contribution in [-0.4, -0.2) is 24.7 Å². The molecule has 1 aromatic rings. The van der Waals surface area contributed by atoms with Crippen molar-refractivity contribution in [3.8, 4) is 0 Å². The quantitative estimate of drug-likeness (QED) is 0.826. The van der Waals surface area contributed by atoms with Crippen molar-refractivity contribution in [3.63, 3.8) is 0 Å². The van der Waals surface area contributed by atoms with Crippen LogP contribution in [0.3, 0.4) is 0 Å². The lowest BCUT2D eigenvalue weighted by molar-refractivity contribution is 0.0712. The number of hydrogen-bond acceptors (Lipinski definition) is 3. The maximum Gasteiger partial charge on any atom is 0.251 e. The van der Waals surface area contributed by atoms with E-state index in [0.29, 0.717) is 16.3 Å². The maximum atomic E-state index is 12.0. The molecule has 1 heterocycles. The van der Waals surface area contributed by atoms with E-state index in [9.17, 15) is 4.79 Å². The van der Waals surface area contributed by atoms with Gasteiger partial charge in [-0.1, -0.05) is 11.6 Å². The number of nitrogens with two attached hydrogens (primary N) is 1. The molecule has 1 aromatic carbocycles. The maximum absolute atomic E-state index is 12.0. The second kappa shape index (κ2) is 5.59. The Labute approximate surface area is 111 Å². The van der Waals surface area contributed by atoms with Crippen molar-refractivity contribution in [2.24, 2.45) is 0 Å². The summed E-state index contributed by atoms with van der Waals surface area (Å²) < 4.78 is 5.53. The number of benzene rings is 1. The smallest absolute Gasteiger partial charge is 0.251 e. The Hall–Kier alpha value is -1.26. The van der Waals surface area contributed by atoms with Gasteiger partial charge in [-0.3, -0.25) is 4.79 Å². The molecule has 0 aliphatic carbocycles. The molecule has 98 valence electrons. The summed E-state index contributed by atoms with van der Waals surface area (Å²) in [5.41, 5.74) is 6.60. The molecule has 2 atom stereocenters.